The molecule has 0 amide bonds. The third-order valence-electron chi connectivity index (χ3n) is 27.6. The van der Waals surface area contributed by atoms with Gasteiger partial charge in [-0.2, -0.15) is 7.82 Å². The first-order chi connectivity index (χ1) is 45.1. The summed E-state index contributed by atoms with van der Waals surface area (Å²) in [6, 6.07) is 0. The fraction of sp³-hybridized carbons (Fsp3) is 0.750. The zero-order valence-corrected chi connectivity index (χ0v) is 67.4. The average molecular weight is 1470 g/mol. The molecular formula is C72H93F3Na3O22P. The van der Waals surface area contributed by atoms with Crippen molar-refractivity contribution in [3.05, 3.63) is 71.4 Å². The van der Waals surface area contributed by atoms with Gasteiger partial charge in [-0.15, -0.1) is 0 Å². The number of phosphoric acid groups is 1. The summed E-state index contributed by atoms with van der Waals surface area (Å²) in [5.74, 6) is -7.37. The van der Waals surface area contributed by atoms with Gasteiger partial charge < -0.3 is 78.3 Å². The number of aliphatic hydroxyl groups is 6. The molecule has 29 heteroatoms. The number of alkyl halides is 3. The fourth-order valence-corrected chi connectivity index (χ4v) is 23.8. The first kappa shape index (κ1) is 83.9. The number of fused-ring (bicyclic) bond motifs is 21. The van der Waals surface area contributed by atoms with Gasteiger partial charge in [-0.3, -0.25) is 28.8 Å². The zero-order chi connectivity index (χ0) is 72.3. The molecule has 3 aliphatic heterocycles. The minimum Gasteiger partial charge on any atom is -0.822 e. The molecule has 15 rings (SSSR count). The molecule has 0 aromatic rings. The van der Waals surface area contributed by atoms with Gasteiger partial charge in [-0.25, -0.2) is 13.2 Å². The normalized spacial score (nSPS) is 48.6. The van der Waals surface area contributed by atoms with E-state index in [4.69, 9.17) is 47.7 Å². The van der Waals surface area contributed by atoms with E-state index in [-0.39, 0.29) is 143 Å². The van der Waals surface area contributed by atoms with Gasteiger partial charge in [0.15, 0.2) is 85.9 Å². The van der Waals surface area contributed by atoms with Crippen molar-refractivity contribution in [3.63, 3.8) is 0 Å². The van der Waals surface area contributed by atoms with Gasteiger partial charge in [0, 0.05) is 50.2 Å². The predicted molar refractivity (Wildman–Crippen MR) is 333 cm³/mol. The Morgan fingerprint density at radius 2 is 0.663 bits per heavy atom. The molecule has 3 saturated heterocycles. The quantitative estimate of drug-likeness (QED) is 0.108. The molecule has 12 fully saturated rings. The summed E-state index contributed by atoms with van der Waals surface area (Å²) in [5.41, 5.74) is -14.0. The van der Waals surface area contributed by atoms with Crippen LogP contribution in [0, 0.1) is 68.0 Å². The Hall–Kier alpha value is -1.12. The maximum Gasteiger partial charge on any atom is 1.00 e. The average Bonchev–Trinajstić information content (AvgIpc) is 1.56. The Balaban J connectivity index is 0.000000168. The SMILES string of the molecule is CC1(C)O[C@@H]2C[C@H]3[C@@H]4CCC5=CC(=O)C=C[C@]5(C)C4(F)[C@@H](O)C[C@]3(C)[C@]2(C(=O)CO)O1.CC1(C)O[C@@H]2C[C@H]3[C@@H]4CCC5=CC(=O)C=C[C@]5(C)C4(F)[C@@H](O)C[C@]3(C)[C@]2(C(=O)CO)O1.CC1(C)O[C@@H]2C[C@H]3[C@@H]4CCC5=CC(=O)C=C[C@]5(C)C4(F)[C@@H](O)C[C@]3(C)[C@]2(C(=O)CO)O1.O=P([O-])([O-])[O-].[Na+].[Na+].[Na+]. The van der Waals surface area contributed by atoms with Gasteiger partial charge in [0.1, 0.15) is 19.8 Å². The molecule has 6 N–H and O–H groups in total. The van der Waals surface area contributed by atoms with Crippen molar-refractivity contribution < 1.29 is 209 Å². The smallest absolute Gasteiger partial charge is 0.822 e. The molecule has 3 heterocycles. The largest absolute Gasteiger partial charge is 1.00 e. The second kappa shape index (κ2) is 26.8. The first-order valence-electron chi connectivity index (χ1n) is 34.3. The predicted octanol–water partition coefficient (Wildman–Crippen LogP) is -4.56. The van der Waals surface area contributed by atoms with Gasteiger partial charge in [-0.1, -0.05) is 55.7 Å². The summed E-state index contributed by atoms with van der Waals surface area (Å²) in [6.45, 7) is 19.2. The van der Waals surface area contributed by atoms with E-state index >= 15 is 13.2 Å². The van der Waals surface area contributed by atoms with Crippen LogP contribution in [0.3, 0.4) is 0 Å². The molecule has 0 aromatic heterocycles. The second-order valence-corrected chi connectivity index (χ2v) is 34.1. The molecule has 15 aliphatic rings. The molecule has 0 aromatic carbocycles. The van der Waals surface area contributed by atoms with Crippen molar-refractivity contribution in [2.24, 2.45) is 68.0 Å². The van der Waals surface area contributed by atoms with Crippen LogP contribution < -0.4 is 103 Å². The Labute approximate surface area is 653 Å². The fourth-order valence-electron chi connectivity index (χ4n) is 23.8. The zero-order valence-electron chi connectivity index (χ0n) is 60.5. The number of ketones is 6. The number of ether oxygens (including phenoxy) is 6. The molecule has 3 unspecified atom stereocenters. The number of hydrogen-bond acceptors (Lipinski definition) is 22. The molecule has 0 bridgehead atoms. The Morgan fingerprint density at radius 3 is 0.871 bits per heavy atom. The summed E-state index contributed by atoms with van der Waals surface area (Å²) < 4.78 is 97.1. The van der Waals surface area contributed by atoms with E-state index < -0.39 is 183 Å². The minimum absolute atomic E-state index is 0. The number of Topliss-reactive ketones (excluding diaryl/α,β-unsaturated/α-hetero) is 3. The Morgan fingerprint density at radius 1 is 0.446 bits per heavy atom. The van der Waals surface area contributed by atoms with Crippen molar-refractivity contribution in [2.45, 2.75) is 248 Å². The van der Waals surface area contributed by atoms with Crippen molar-refractivity contribution in [1.82, 2.24) is 0 Å². The summed E-state index contributed by atoms with van der Waals surface area (Å²) in [7, 11) is -5.39. The van der Waals surface area contributed by atoms with Crippen molar-refractivity contribution in [3.8, 4) is 0 Å². The van der Waals surface area contributed by atoms with Crippen LogP contribution in [0.25, 0.3) is 0 Å². The van der Waals surface area contributed by atoms with Crippen LogP contribution in [0.15, 0.2) is 71.4 Å². The van der Waals surface area contributed by atoms with Crippen LogP contribution in [0.1, 0.15) is 160 Å². The van der Waals surface area contributed by atoms with Gasteiger partial charge in [0.25, 0.3) is 0 Å². The molecule has 542 valence electrons. The summed E-state index contributed by atoms with van der Waals surface area (Å²) >= 11 is 0. The molecule has 101 heavy (non-hydrogen) atoms. The van der Waals surface area contributed by atoms with Gasteiger partial charge in [-0.05, 0) is 194 Å². The van der Waals surface area contributed by atoms with Gasteiger partial charge in [0.2, 0.25) is 0 Å². The van der Waals surface area contributed by atoms with E-state index in [0.717, 1.165) is 16.7 Å². The van der Waals surface area contributed by atoms with Crippen LogP contribution in [0.2, 0.25) is 0 Å². The van der Waals surface area contributed by atoms with E-state index in [0.29, 0.717) is 57.8 Å². The van der Waals surface area contributed by atoms with E-state index in [1.807, 2.05) is 20.8 Å². The van der Waals surface area contributed by atoms with E-state index in [9.17, 15) is 59.4 Å². The summed E-state index contributed by atoms with van der Waals surface area (Å²) in [5, 5.41) is 63.6. The molecular weight excluding hydrogens is 1370 g/mol. The standard InChI is InChI=1S/3C24H31FO6.3Na.H3O4P/c3*1-20(2)30-19-10-16-15-6-5-13-9-14(27)7-8-21(13,3)23(15,25)17(28)11-22(16,4)24(19,31-20)18(29)12-26;;;;1-5(2,3)4/h3*7-9,15-17,19,26,28H,5-6,10-12H2,1-4H3;;;;(H3,1,2,3,4)/q;;;3*+1;/p-3/t3*15-,16-,17-,19+,21-,22-,23?,24+;;;;/m000..../s1. The molecule has 24 atom stereocenters. The second-order valence-electron chi connectivity index (χ2n) is 33.2. The van der Waals surface area contributed by atoms with Crippen LogP contribution in [0.5, 0.6) is 0 Å². The number of aliphatic hydroxyl groups excluding tert-OH is 6. The molecule has 12 aliphatic carbocycles. The van der Waals surface area contributed by atoms with Crippen molar-refractivity contribution in [1.29, 1.82) is 0 Å². The monoisotopic (exact) mass is 1470 g/mol. The summed E-state index contributed by atoms with van der Waals surface area (Å²) in [6.07, 6.45) is 12.0. The van der Waals surface area contributed by atoms with E-state index in [1.165, 1.54) is 36.5 Å². The third kappa shape index (κ3) is 11.5. The van der Waals surface area contributed by atoms with E-state index in [2.05, 4.69) is 0 Å². The molecule has 22 nitrogen and oxygen atoms in total. The van der Waals surface area contributed by atoms with Crippen LogP contribution >= 0.6 is 7.82 Å². The third-order valence-corrected chi connectivity index (χ3v) is 27.6. The van der Waals surface area contributed by atoms with Gasteiger partial charge in [0.05, 0.1) is 36.6 Å². The maximum absolute atomic E-state index is 17.1. The van der Waals surface area contributed by atoms with E-state index in [1.54, 1.807) is 80.5 Å². The molecule has 0 spiro atoms. The summed E-state index contributed by atoms with van der Waals surface area (Å²) in [4.78, 5) is 101. The number of allylic oxidation sites excluding steroid dienone is 12. The number of carbonyl (C=O) groups is 6. The van der Waals surface area contributed by atoms with Crippen LogP contribution in [-0.2, 0) is 61.8 Å². The van der Waals surface area contributed by atoms with Crippen LogP contribution in [0.4, 0.5) is 13.2 Å². The Kier molecular flexibility index (Phi) is 22.3. The number of carbonyl (C=O) groups excluding carboxylic acids is 6. The van der Waals surface area contributed by atoms with Crippen molar-refractivity contribution >= 4 is 42.5 Å². The topological polar surface area (TPSA) is 365 Å². The first-order valence-corrected chi connectivity index (χ1v) is 35.8. The molecule has 9 saturated carbocycles. The van der Waals surface area contributed by atoms with Crippen molar-refractivity contribution in [2.75, 3.05) is 19.8 Å². The Bertz CT molecular complexity index is 3330. The number of hydrogen-bond donors (Lipinski definition) is 6. The maximum atomic E-state index is 17.1. The number of rotatable bonds is 6. The van der Waals surface area contributed by atoms with Gasteiger partial charge >= 0.3 is 88.7 Å². The van der Waals surface area contributed by atoms with Crippen LogP contribution in [-0.4, -0.2) is 173 Å². The molecule has 0 radical (unpaired) electrons. The number of halogens is 3. The minimum atomic E-state index is -5.39.